The molecule has 0 saturated carbocycles. The fourth-order valence-electron chi connectivity index (χ4n) is 2.56. The highest BCUT2D eigenvalue weighted by molar-refractivity contribution is 6.32. The predicted molar refractivity (Wildman–Crippen MR) is 101 cm³/mol. The van der Waals surface area contributed by atoms with Crippen LogP contribution in [0.25, 0.3) is 6.08 Å². The summed E-state index contributed by atoms with van der Waals surface area (Å²) in [4.78, 5) is 12.3. The van der Waals surface area contributed by atoms with Crippen molar-refractivity contribution in [2.75, 3.05) is 5.32 Å². The molecule has 0 radical (unpaired) electrons. The first kappa shape index (κ1) is 19.9. The number of carbonyl (C=O) groups is 1. The van der Waals surface area contributed by atoms with Crippen LogP contribution in [-0.2, 0) is 17.6 Å². The number of carbonyl (C=O) groups excluding carboxylic acids is 1. The van der Waals surface area contributed by atoms with Crippen LogP contribution in [0.2, 0.25) is 5.02 Å². The van der Waals surface area contributed by atoms with Crippen LogP contribution in [0.1, 0.15) is 30.5 Å². The van der Waals surface area contributed by atoms with Gasteiger partial charge in [-0.25, -0.2) is 0 Å². The van der Waals surface area contributed by atoms with Crippen LogP contribution >= 0.6 is 11.6 Å². The molecule has 0 bridgehead atoms. The Bertz CT molecular complexity index is 789. The van der Waals surface area contributed by atoms with Crippen molar-refractivity contribution in [3.63, 3.8) is 0 Å². The molecule has 0 aromatic heterocycles. The van der Waals surface area contributed by atoms with E-state index in [0.717, 1.165) is 23.2 Å². The number of hydrogen-bond donors (Lipinski definition) is 1. The molecule has 0 aliphatic heterocycles. The summed E-state index contributed by atoms with van der Waals surface area (Å²) in [6.45, 7) is 1.13. The zero-order valence-electron chi connectivity index (χ0n) is 14.6. The number of aryl methyl sites for hydroxylation is 1. The normalized spacial score (nSPS) is 11.2. The lowest BCUT2D eigenvalue weighted by Gasteiger charge is -2.15. The summed E-state index contributed by atoms with van der Waals surface area (Å²) < 4.78 is 28.6. The molecule has 2 aromatic carbocycles. The Morgan fingerprint density at radius 3 is 2.42 bits per heavy atom. The van der Waals surface area contributed by atoms with Crippen molar-refractivity contribution < 1.29 is 18.3 Å². The summed E-state index contributed by atoms with van der Waals surface area (Å²) in [5.74, 6) is -0.217. The molecule has 0 spiro atoms. The zero-order valence-corrected chi connectivity index (χ0v) is 15.3. The average molecular weight is 380 g/mol. The number of benzene rings is 2. The monoisotopic (exact) mass is 379 g/mol. The lowest BCUT2D eigenvalue weighted by molar-refractivity contribution is -0.111. The molecule has 3 nitrogen and oxygen atoms in total. The summed E-state index contributed by atoms with van der Waals surface area (Å²) >= 11 is 6.23. The quantitative estimate of drug-likeness (QED) is 0.625. The van der Waals surface area contributed by atoms with Crippen LogP contribution in [-0.4, -0.2) is 12.5 Å². The van der Waals surface area contributed by atoms with Gasteiger partial charge < -0.3 is 10.1 Å². The van der Waals surface area contributed by atoms with Gasteiger partial charge in [-0.3, -0.25) is 4.79 Å². The smallest absolute Gasteiger partial charge is 0.387 e. The molecule has 0 aliphatic rings. The second-order valence-electron chi connectivity index (χ2n) is 5.54. The van der Waals surface area contributed by atoms with E-state index in [2.05, 4.69) is 10.1 Å². The average Bonchev–Trinajstić information content (AvgIpc) is 2.61. The molecule has 0 unspecified atom stereocenters. The minimum absolute atomic E-state index is 0.0701. The van der Waals surface area contributed by atoms with Crippen LogP contribution in [0.15, 0.2) is 42.5 Å². The molecular formula is C20H20ClF2NO2. The molecular weight excluding hydrogens is 360 g/mol. The van der Waals surface area contributed by atoms with Gasteiger partial charge >= 0.3 is 6.61 Å². The van der Waals surface area contributed by atoms with E-state index in [0.29, 0.717) is 17.0 Å². The second kappa shape index (κ2) is 9.34. The van der Waals surface area contributed by atoms with Crippen molar-refractivity contribution in [2.45, 2.75) is 33.3 Å². The molecule has 1 N–H and O–H groups in total. The van der Waals surface area contributed by atoms with E-state index >= 15 is 0 Å². The SMILES string of the molecule is CCc1ccc(Cl)c(CC)c1NC(=O)/C=C/c1ccc(OC(F)F)cc1. The van der Waals surface area contributed by atoms with Crippen LogP contribution < -0.4 is 10.1 Å². The molecule has 0 atom stereocenters. The van der Waals surface area contributed by atoms with E-state index in [4.69, 9.17) is 11.6 Å². The highest BCUT2D eigenvalue weighted by Gasteiger charge is 2.12. The Balaban J connectivity index is 2.11. The number of halogens is 3. The van der Waals surface area contributed by atoms with Gasteiger partial charge in [-0.2, -0.15) is 8.78 Å². The third-order valence-electron chi connectivity index (χ3n) is 3.86. The number of alkyl halides is 2. The number of anilines is 1. The van der Waals surface area contributed by atoms with Crippen LogP contribution in [0.4, 0.5) is 14.5 Å². The number of nitrogens with one attached hydrogen (secondary N) is 1. The Hall–Kier alpha value is -2.40. The van der Waals surface area contributed by atoms with E-state index in [1.54, 1.807) is 18.2 Å². The fourth-order valence-corrected chi connectivity index (χ4v) is 2.86. The van der Waals surface area contributed by atoms with Crippen LogP contribution in [0.5, 0.6) is 5.75 Å². The van der Waals surface area contributed by atoms with Gasteiger partial charge in [-0.05, 0) is 53.8 Å². The number of ether oxygens (including phenoxy) is 1. The van der Waals surface area contributed by atoms with E-state index in [-0.39, 0.29) is 11.7 Å². The Labute approximate surface area is 156 Å². The third-order valence-corrected chi connectivity index (χ3v) is 4.21. The molecule has 0 fully saturated rings. The summed E-state index contributed by atoms with van der Waals surface area (Å²) in [7, 11) is 0. The Morgan fingerprint density at radius 1 is 1.15 bits per heavy atom. The van der Waals surface area contributed by atoms with Gasteiger partial charge in [0.15, 0.2) is 0 Å². The molecule has 138 valence electrons. The predicted octanol–water partition coefficient (Wildman–Crippen LogP) is 5.72. The van der Waals surface area contributed by atoms with Gasteiger partial charge in [-0.15, -0.1) is 0 Å². The molecule has 6 heteroatoms. The lowest BCUT2D eigenvalue weighted by Crippen LogP contribution is -2.12. The summed E-state index contributed by atoms with van der Waals surface area (Å²) in [6.07, 6.45) is 4.47. The number of amides is 1. The van der Waals surface area contributed by atoms with Gasteiger partial charge in [0.25, 0.3) is 0 Å². The summed E-state index contributed by atoms with van der Waals surface area (Å²) in [5, 5.41) is 3.52. The van der Waals surface area contributed by atoms with Crippen molar-refractivity contribution in [3.8, 4) is 5.75 Å². The van der Waals surface area contributed by atoms with Crippen molar-refractivity contribution in [1.82, 2.24) is 0 Å². The van der Waals surface area contributed by atoms with Gasteiger partial charge in [0.2, 0.25) is 5.91 Å². The molecule has 1 amide bonds. The number of hydrogen-bond acceptors (Lipinski definition) is 2. The highest BCUT2D eigenvalue weighted by atomic mass is 35.5. The van der Waals surface area contributed by atoms with Crippen LogP contribution in [0, 0.1) is 0 Å². The maximum atomic E-state index is 12.3. The minimum atomic E-state index is -2.86. The van der Waals surface area contributed by atoms with Crippen molar-refractivity contribution in [2.24, 2.45) is 0 Å². The molecule has 2 rings (SSSR count). The van der Waals surface area contributed by atoms with E-state index in [1.165, 1.54) is 18.2 Å². The van der Waals surface area contributed by atoms with E-state index in [1.807, 2.05) is 26.0 Å². The minimum Gasteiger partial charge on any atom is -0.435 e. The maximum absolute atomic E-state index is 12.3. The molecule has 0 heterocycles. The maximum Gasteiger partial charge on any atom is 0.387 e. The number of rotatable bonds is 7. The molecule has 2 aromatic rings. The lowest BCUT2D eigenvalue weighted by atomic mass is 10.0. The molecule has 0 saturated heterocycles. The first-order chi connectivity index (χ1) is 12.4. The third kappa shape index (κ3) is 5.30. The Morgan fingerprint density at radius 2 is 1.85 bits per heavy atom. The largest absolute Gasteiger partial charge is 0.435 e. The van der Waals surface area contributed by atoms with Crippen molar-refractivity contribution in [1.29, 1.82) is 0 Å². The van der Waals surface area contributed by atoms with Gasteiger partial charge in [-0.1, -0.05) is 43.6 Å². The standard InChI is InChI=1S/C20H20ClF2NO2/c1-3-14-8-11-17(21)16(4-2)19(14)24-18(25)12-7-13-5-9-15(10-6-13)26-20(22)23/h5-12,20H,3-4H2,1-2H3,(H,24,25)/b12-7+. The van der Waals surface area contributed by atoms with Gasteiger partial charge in [0.05, 0.1) is 0 Å². The van der Waals surface area contributed by atoms with Crippen LogP contribution in [0.3, 0.4) is 0 Å². The van der Waals surface area contributed by atoms with Gasteiger partial charge in [0, 0.05) is 16.8 Å². The first-order valence-corrected chi connectivity index (χ1v) is 8.66. The molecule has 0 aliphatic carbocycles. The van der Waals surface area contributed by atoms with Crippen molar-refractivity contribution in [3.05, 3.63) is 64.2 Å². The second-order valence-corrected chi connectivity index (χ2v) is 5.94. The van der Waals surface area contributed by atoms with Crippen molar-refractivity contribution >= 4 is 29.3 Å². The molecule has 26 heavy (non-hydrogen) atoms. The highest BCUT2D eigenvalue weighted by Crippen LogP contribution is 2.29. The van der Waals surface area contributed by atoms with E-state index < -0.39 is 6.61 Å². The zero-order chi connectivity index (χ0) is 19.1. The summed E-state index contributed by atoms with van der Waals surface area (Å²) in [5.41, 5.74) is 3.36. The van der Waals surface area contributed by atoms with Gasteiger partial charge in [0.1, 0.15) is 5.75 Å². The topological polar surface area (TPSA) is 38.3 Å². The fraction of sp³-hybridized carbons (Fsp3) is 0.250. The van der Waals surface area contributed by atoms with E-state index in [9.17, 15) is 13.6 Å². The first-order valence-electron chi connectivity index (χ1n) is 8.28. The summed E-state index contributed by atoms with van der Waals surface area (Å²) in [6, 6.07) is 9.78. The Kier molecular flexibility index (Phi) is 7.16.